The van der Waals surface area contributed by atoms with E-state index in [1.807, 2.05) is 45.0 Å². The Kier molecular flexibility index (Phi) is 7.26. The summed E-state index contributed by atoms with van der Waals surface area (Å²) in [4.78, 5) is 29.2. The van der Waals surface area contributed by atoms with Crippen LogP contribution in [0.2, 0.25) is 5.02 Å². The molecule has 2 amide bonds. The fraction of sp³-hybridized carbons (Fsp3) is 0.259. The molecule has 1 heterocycles. The van der Waals surface area contributed by atoms with Gasteiger partial charge in [-0.05, 0) is 68.3 Å². The number of phenols is 1. The van der Waals surface area contributed by atoms with E-state index < -0.39 is 11.6 Å². The van der Waals surface area contributed by atoms with Crippen molar-refractivity contribution in [2.45, 2.75) is 45.3 Å². The van der Waals surface area contributed by atoms with Crippen molar-refractivity contribution in [3.8, 4) is 5.75 Å². The summed E-state index contributed by atoms with van der Waals surface area (Å²) in [5.74, 6) is -0.679. The molecule has 36 heavy (non-hydrogen) atoms. The minimum Gasteiger partial charge on any atom is -0.508 e. The third-order valence-electron chi connectivity index (χ3n) is 6.12. The number of para-hydroxylation sites is 1. The molecule has 186 valence electrons. The van der Waals surface area contributed by atoms with Gasteiger partial charge in [0.05, 0.1) is 5.52 Å². The summed E-state index contributed by atoms with van der Waals surface area (Å²) in [6, 6.07) is 19.4. The second-order valence-corrected chi connectivity index (χ2v) is 9.64. The van der Waals surface area contributed by atoms with Crippen molar-refractivity contribution < 1.29 is 14.7 Å². The summed E-state index contributed by atoms with van der Waals surface area (Å²) >= 11 is 6.30. The number of amides is 2. The zero-order valence-electron chi connectivity index (χ0n) is 20.4. The number of aromatic hydroxyl groups is 1. The highest BCUT2D eigenvalue weighted by molar-refractivity contribution is 6.31. The Bertz CT molecular complexity index is 1380. The lowest BCUT2D eigenvalue weighted by molar-refractivity contribution is -0.128. The number of anilines is 1. The molecular weight excluding hydrogens is 478 g/mol. The quantitative estimate of drug-likeness (QED) is 0.356. The normalized spacial score (nSPS) is 12.3. The second kappa shape index (κ2) is 10.4. The number of carbonyl (C=O) groups is 2. The van der Waals surface area contributed by atoms with E-state index in [1.165, 1.54) is 21.7 Å². The van der Waals surface area contributed by atoms with E-state index in [4.69, 9.17) is 11.6 Å². The molecule has 1 aromatic heterocycles. The number of rotatable bonds is 8. The van der Waals surface area contributed by atoms with Crippen LogP contribution in [0, 0.1) is 0 Å². The summed E-state index contributed by atoms with van der Waals surface area (Å²) < 4.78 is 1.51. The lowest BCUT2D eigenvalue weighted by atomic mass is 9.98. The standard InChI is InChI=1S/C27H28ClN5O3/c1-4-27(2,3)29-26(36)25(18-12-14-21(34)15-13-18)33(20-9-7-8-19(28)16-20)24(35)17-32-23-11-6-5-10-22(23)30-31-32/h5-16,25,34H,4,17H2,1-3H3,(H,29,36)/t25-/m1/s1. The fourth-order valence-corrected chi connectivity index (χ4v) is 4.05. The Hall–Kier alpha value is -3.91. The molecule has 0 radical (unpaired) electrons. The van der Waals surface area contributed by atoms with Gasteiger partial charge in [0, 0.05) is 16.2 Å². The lowest BCUT2D eigenvalue weighted by Gasteiger charge is -2.34. The van der Waals surface area contributed by atoms with Gasteiger partial charge in [0.1, 0.15) is 23.9 Å². The molecule has 9 heteroatoms. The molecule has 0 unspecified atom stereocenters. The van der Waals surface area contributed by atoms with Crippen LogP contribution in [0.5, 0.6) is 5.75 Å². The predicted molar refractivity (Wildman–Crippen MR) is 140 cm³/mol. The monoisotopic (exact) mass is 505 g/mol. The molecule has 0 bridgehead atoms. The predicted octanol–water partition coefficient (Wildman–Crippen LogP) is 4.87. The Morgan fingerprint density at radius 3 is 2.50 bits per heavy atom. The number of hydrogen-bond acceptors (Lipinski definition) is 5. The molecule has 0 spiro atoms. The van der Waals surface area contributed by atoms with Crippen LogP contribution in [0.25, 0.3) is 11.0 Å². The average Bonchev–Trinajstić information content (AvgIpc) is 3.25. The van der Waals surface area contributed by atoms with Crippen LogP contribution < -0.4 is 10.2 Å². The van der Waals surface area contributed by atoms with Crippen LogP contribution in [-0.4, -0.2) is 37.5 Å². The van der Waals surface area contributed by atoms with Crippen LogP contribution in [0.4, 0.5) is 5.69 Å². The van der Waals surface area contributed by atoms with Crippen molar-refractivity contribution >= 4 is 40.1 Å². The number of fused-ring (bicyclic) bond motifs is 1. The van der Waals surface area contributed by atoms with Crippen molar-refractivity contribution in [2.75, 3.05) is 4.90 Å². The summed E-state index contributed by atoms with van der Waals surface area (Å²) in [5.41, 5.74) is 1.86. The summed E-state index contributed by atoms with van der Waals surface area (Å²) in [7, 11) is 0. The summed E-state index contributed by atoms with van der Waals surface area (Å²) in [6.45, 7) is 5.68. The second-order valence-electron chi connectivity index (χ2n) is 9.20. The number of nitrogens with one attached hydrogen (secondary N) is 1. The maximum absolute atomic E-state index is 14.0. The number of hydrogen-bond donors (Lipinski definition) is 2. The lowest BCUT2D eigenvalue weighted by Crippen LogP contribution is -2.51. The zero-order valence-corrected chi connectivity index (χ0v) is 21.1. The fourth-order valence-electron chi connectivity index (χ4n) is 3.87. The van der Waals surface area contributed by atoms with Gasteiger partial charge in [-0.25, -0.2) is 4.68 Å². The first-order valence-electron chi connectivity index (χ1n) is 11.7. The van der Waals surface area contributed by atoms with Crippen LogP contribution in [0.1, 0.15) is 38.8 Å². The first kappa shape index (κ1) is 25.2. The third kappa shape index (κ3) is 5.49. The van der Waals surface area contributed by atoms with Crippen molar-refractivity contribution in [1.29, 1.82) is 0 Å². The highest BCUT2D eigenvalue weighted by Gasteiger charge is 2.35. The summed E-state index contributed by atoms with van der Waals surface area (Å²) in [5, 5.41) is 21.6. The number of nitrogens with zero attached hydrogens (tertiary/aromatic N) is 4. The molecule has 0 fully saturated rings. The van der Waals surface area contributed by atoms with Gasteiger partial charge in [0.2, 0.25) is 11.8 Å². The molecular formula is C27H28ClN5O3. The first-order valence-corrected chi connectivity index (χ1v) is 12.0. The third-order valence-corrected chi connectivity index (χ3v) is 6.36. The number of halogens is 1. The van der Waals surface area contributed by atoms with Crippen LogP contribution in [-0.2, 0) is 16.1 Å². The van der Waals surface area contributed by atoms with E-state index >= 15 is 0 Å². The van der Waals surface area contributed by atoms with Gasteiger partial charge >= 0.3 is 0 Å². The molecule has 8 nitrogen and oxygen atoms in total. The summed E-state index contributed by atoms with van der Waals surface area (Å²) in [6.07, 6.45) is 0.692. The molecule has 4 rings (SSSR count). The molecule has 0 aliphatic carbocycles. The van der Waals surface area contributed by atoms with E-state index in [9.17, 15) is 14.7 Å². The average molecular weight is 506 g/mol. The number of aromatic nitrogens is 3. The minimum atomic E-state index is -1.03. The van der Waals surface area contributed by atoms with E-state index in [-0.39, 0.29) is 24.1 Å². The maximum Gasteiger partial charge on any atom is 0.249 e. The number of benzene rings is 3. The first-order chi connectivity index (χ1) is 17.2. The molecule has 3 aromatic carbocycles. The Labute approximate surface area is 214 Å². The Morgan fingerprint density at radius 1 is 1.08 bits per heavy atom. The van der Waals surface area contributed by atoms with Crippen LogP contribution >= 0.6 is 11.6 Å². The van der Waals surface area contributed by atoms with Crippen molar-refractivity contribution in [2.24, 2.45) is 0 Å². The maximum atomic E-state index is 14.0. The highest BCUT2D eigenvalue weighted by Crippen LogP contribution is 2.32. The van der Waals surface area contributed by atoms with Gasteiger partial charge in [-0.1, -0.05) is 54.1 Å². The Morgan fingerprint density at radius 2 is 1.81 bits per heavy atom. The van der Waals surface area contributed by atoms with E-state index in [0.29, 0.717) is 33.7 Å². The van der Waals surface area contributed by atoms with Gasteiger partial charge in [0.15, 0.2) is 0 Å². The Balaban J connectivity index is 1.82. The van der Waals surface area contributed by atoms with Crippen molar-refractivity contribution in [3.63, 3.8) is 0 Å². The topological polar surface area (TPSA) is 100 Å². The van der Waals surface area contributed by atoms with Crippen LogP contribution in [0.3, 0.4) is 0 Å². The van der Waals surface area contributed by atoms with Crippen molar-refractivity contribution in [3.05, 3.63) is 83.4 Å². The van der Waals surface area contributed by atoms with E-state index in [0.717, 1.165) is 0 Å². The smallest absolute Gasteiger partial charge is 0.249 e. The molecule has 0 aliphatic heterocycles. The number of phenolic OH excluding ortho intramolecular Hbond substituents is 1. The highest BCUT2D eigenvalue weighted by atomic mass is 35.5. The largest absolute Gasteiger partial charge is 0.508 e. The minimum absolute atomic E-state index is 0.0570. The molecule has 0 saturated carbocycles. The molecule has 0 aliphatic rings. The van der Waals surface area contributed by atoms with E-state index in [1.54, 1.807) is 36.4 Å². The molecule has 2 N–H and O–H groups in total. The van der Waals surface area contributed by atoms with Crippen molar-refractivity contribution in [1.82, 2.24) is 20.3 Å². The van der Waals surface area contributed by atoms with Gasteiger partial charge in [-0.15, -0.1) is 5.10 Å². The van der Waals surface area contributed by atoms with Gasteiger partial charge in [-0.2, -0.15) is 0 Å². The molecule has 4 aromatic rings. The SMILES string of the molecule is CCC(C)(C)NC(=O)[C@@H](c1ccc(O)cc1)N(C(=O)Cn1nnc2ccccc21)c1cccc(Cl)c1. The number of carbonyl (C=O) groups excluding carboxylic acids is 2. The molecule has 0 saturated heterocycles. The molecule has 1 atom stereocenters. The van der Waals surface area contributed by atoms with Crippen LogP contribution in [0.15, 0.2) is 72.8 Å². The van der Waals surface area contributed by atoms with Gasteiger partial charge in [0.25, 0.3) is 0 Å². The van der Waals surface area contributed by atoms with Gasteiger partial charge < -0.3 is 10.4 Å². The zero-order chi connectivity index (χ0) is 25.9. The van der Waals surface area contributed by atoms with E-state index in [2.05, 4.69) is 15.6 Å². The van der Waals surface area contributed by atoms with Gasteiger partial charge in [-0.3, -0.25) is 14.5 Å².